The van der Waals surface area contributed by atoms with Crippen LogP contribution in [-0.4, -0.2) is 20.8 Å². The Morgan fingerprint density at radius 1 is 1.06 bits per heavy atom. The van der Waals surface area contributed by atoms with E-state index in [4.69, 9.17) is 15.2 Å². The van der Waals surface area contributed by atoms with Crippen LogP contribution in [0.2, 0.25) is 0 Å². The minimum absolute atomic E-state index is 0.592. The highest BCUT2D eigenvalue weighted by atomic mass is 16.5. The highest BCUT2D eigenvalue weighted by Crippen LogP contribution is 2.30. The second-order valence-electron chi connectivity index (χ2n) is 4.61. The van der Waals surface area contributed by atoms with Gasteiger partial charge in [0.15, 0.2) is 0 Å². The molecule has 0 bridgehead atoms. The zero-order valence-electron chi connectivity index (χ0n) is 11.2. The van der Waals surface area contributed by atoms with Crippen LogP contribution >= 0.6 is 0 Å². The van der Waals surface area contributed by atoms with Crippen molar-refractivity contribution in [1.82, 2.24) is 0 Å². The first-order chi connectivity index (χ1) is 8.12. The zero-order valence-corrected chi connectivity index (χ0v) is 11.2. The van der Waals surface area contributed by atoms with E-state index >= 15 is 0 Å². The van der Waals surface area contributed by atoms with Crippen molar-refractivity contribution in [1.29, 1.82) is 0 Å². The van der Waals surface area contributed by atoms with Gasteiger partial charge in [0.05, 0.1) is 14.2 Å². The molecule has 0 atom stereocenters. The van der Waals surface area contributed by atoms with Crippen molar-refractivity contribution in [3.05, 3.63) is 23.3 Å². The molecule has 1 aromatic carbocycles. The third-order valence-corrected chi connectivity index (χ3v) is 2.73. The molecule has 0 spiro atoms. The number of ether oxygens (including phenoxy) is 2. The average Bonchev–Trinajstić information content (AvgIpc) is 2.30. The molecule has 1 aromatic rings. The van der Waals surface area contributed by atoms with Crippen LogP contribution in [0, 0.1) is 5.92 Å². The Morgan fingerprint density at radius 3 is 2.06 bits per heavy atom. The second-order valence-corrected chi connectivity index (χ2v) is 4.61. The fourth-order valence-electron chi connectivity index (χ4n) is 1.97. The molecule has 3 heteroatoms. The van der Waals surface area contributed by atoms with Gasteiger partial charge in [0, 0.05) is 0 Å². The molecule has 0 aliphatic heterocycles. The van der Waals surface area contributed by atoms with Crippen LogP contribution in [0.1, 0.15) is 25.0 Å². The molecule has 17 heavy (non-hydrogen) atoms. The van der Waals surface area contributed by atoms with Crippen LogP contribution in [0.5, 0.6) is 11.5 Å². The van der Waals surface area contributed by atoms with E-state index in [1.807, 2.05) is 6.07 Å². The van der Waals surface area contributed by atoms with E-state index in [0.29, 0.717) is 12.5 Å². The van der Waals surface area contributed by atoms with Crippen molar-refractivity contribution in [3.8, 4) is 11.5 Å². The summed E-state index contributed by atoms with van der Waals surface area (Å²) in [6, 6.07) is 4.12. The third kappa shape index (κ3) is 3.63. The van der Waals surface area contributed by atoms with Gasteiger partial charge in [-0.2, -0.15) is 0 Å². The Bertz CT molecular complexity index is 361. The van der Waals surface area contributed by atoms with Crippen molar-refractivity contribution < 1.29 is 9.47 Å². The van der Waals surface area contributed by atoms with Crippen LogP contribution in [-0.2, 0) is 12.8 Å². The van der Waals surface area contributed by atoms with Crippen molar-refractivity contribution in [3.63, 3.8) is 0 Å². The van der Waals surface area contributed by atoms with Crippen LogP contribution in [0.3, 0.4) is 0 Å². The molecule has 0 amide bonds. The van der Waals surface area contributed by atoms with E-state index in [0.717, 1.165) is 29.9 Å². The summed E-state index contributed by atoms with van der Waals surface area (Å²) in [5.41, 5.74) is 7.90. The standard InChI is InChI=1S/C14H23NO2/c1-10(2)7-12-9-13(16-3)11(5-6-15)8-14(12)17-4/h8-10H,5-7,15H2,1-4H3. The molecule has 0 aromatic heterocycles. The Balaban J connectivity index is 3.12. The number of rotatable bonds is 6. The molecular formula is C14H23NO2. The van der Waals surface area contributed by atoms with Gasteiger partial charge in [-0.15, -0.1) is 0 Å². The molecule has 0 aliphatic carbocycles. The van der Waals surface area contributed by atoms with Crippen molar-refractivity contribution in [2.75, 3.05) is 20.8 Å². The predicted octanol–water partition coefficient (Wildman–Crippen LogP) is 2.40. The first-order valence-electron chi connectivity index (χ1n) is 6.06. The van der Waals surface area contributed by atoms with Gasteiger partial charge in [-0.05, 0) is 48.6 Å². The Labute approximate surface area is 104 Å². The van der Waals surface area contributed by atoms with Crippen molar-refractivity contribution in [2.45, 2.75) is 26.7 Å². The lowest BCUT2D eigenvalue weighted by Crippen LogP contribution is -2.06. The van der Waals surface area contributed by atoms with Gasteiger partial charge < -0.3 is 15.2 Å². The van der Waals surface area contributed by atoms with Gasteiger partial charge in [-0.1, -0.05) is 13.8 Å². The van der Waals surface area contributed by atoms with E-state index in [1.165, 1.54) is 5.56 Å². The number of hydrogen-bond donors (Lipinski definition) is 1. The lowest BCUT2D eigenvalue weighted by Gasteiger charge is -2.15. The maximum absolute atomic E-state index is 5.60. The summed E-state index contributed by atoms with van der Waals surface area (Å²) in [5, 5.41) is 0. The SMILES string of the molecule is COc1cc(CC(C)C)c(OC)cc1CCN. The van der Waals surface area contributed by atoms with E-state index in [2.05, 4.69) is 19.9 Å². The minimum Gasteiger partial charge on any atom is -0.496 e. The molecule has 0 radical (unpaired) electrons. The predicted molar refractivity (Wildman–Crippen MR) is 70.8 cm³/mol. The number of hydrogen-bond acceptors (Lipinski definition) is 3. The van der Waals surface area contributed by atoms with Gasteiger partial charge in [0.25, 0.3) is 0 Å². The molecule has 0 saturated carbocycles. The molecule has 2 N–H and O–H groups in total. The first kappa shape index (κ1) is 13.8. The summed E-state index contributed by atoms with van der Waals surface area (Å²) in [6.07, 6.45) is 1.80. The molecule has 3 nitrogen and oxygen atoms in total. The molecule has 0 aliphatic rings. The molecule has 96 valence electrons. The third-order valence-electron chi connectivity index (χ3n) is 2.73. The highest BCUT2D eigenvalue weighted by molar-refractivity contribution is 5.47. The van der Waals surface area contributed by atoms with E-state index in [-0.39, 0.29) is 0 Å². The summed E-state index contributed by atoms with van der Waals surface area (Å²) >= 11 is 0. The number of nitrogens with two attached hydrogens (primary N) is 1. The highest BCUT2D eigenvalue weighted by Gasteiger charge is 2.11. The summed E-state index contributed by atoms with van der Waals surface area (Å²) in [4.78, 5) is 0. The van der Waals surface area contributed by atoms with E-state index < -0.39 is 0 Å². The maximum Gasteiger partial charge on any atom is 0.122 e. The summed E-state index contributed by atoms with van der Waals surface area (Å²) in [7, 11) is 3.40. The smallest absolute Gasteiger partial charge is 0.122 e. The Kier molecular flexibility index (Phi) is 5.29. The molecular weight excluding hydrogens is 214 g/mol. The van der Waals surface area contributed by atoms with Gasteiger partial charge in [-0.25, -0.2) is 0 Å². The van der Waals surface area contributed by atoms with Gasteiger partial charge >= 0.3 is 0 Å². The summed E-state index contributed by atoms with van der Waals surface area (Å²) in [5.74, 6) is 2.43. The topological polar surface area (TPSA) is 44.5 Å². The van der Waals surface area contributed by atoms with E-state index in [9.17, 15) is 0 Å². The molecule has 1 rings (SSSR count). The lowest BCUT2D eigenvalue weighted by molar-refractivity contribution is 0.392. The minimum atomic E-state index is 0.592. The van der Waals surface area contributed by atoms with Crippen LogP contribution < -0.4 is 15.2 Å². The number of methoxy groups -OCH3 is 2. The van der Waals surface area contributed by atoms with Gasteiger partial charge in [0.1, 0.15) is 11.5 Å². The zero-order chi connectivity index (χ0) is 12.8. The molecule has 0 fully saturated rings. The molecule has 0 unspecified atom stereocenters. The summed E-state index contributed by atoms with van der Waals surface area (Å²) < 4.78 is 10.8. The van der Waals surface area contributed by atoms with Crippen LogP contribution in [0.25, 0.3) is 0 Å². The fourth-order valence-corrected chi connectivity index (χ4v) is 1.97. The lowest BCUT2D eigenvalue weighted by atomic mass is 9.99. The monoisotopic (exact) mass is 237 g/mol. The van der Waals surface area contributed by atoms with E-state index in [1.54, 1.807) is 14.2 Å². The maximum atomic E-state index is 5.60. The second kappa shape index (κ2) is 6.50. The summed E-state index contributed by atoms with van der Waals surface area (Å²) in [6.45, 7) is 5.00. The van der Waals surface area contributed by atoms with Crippen LogP contribution in [0.4, 0.5) is 0 Å². The average molecular weight is 237 g/mol. The Morgan fingerprint density at radius 2 is 1.59 bits per heavy atom. The van der Waals surface area contributed by atoms with Crippen molar-refractivity contribution >= 4 is 0 Å². The Hall–Kier alpha value is -1.22. The van der Waals surface area contributed by atoms with Crippen LogP contribution in [0.15, 0.2) is 12.1 Å². The fraction of sp³-hybridized carbons (Fsp3) is 0.571. The van der Waals surface area contributed by atoms with Gasteiger partial charge in [-0.3, -0.25) is 0 Å². The first-order valence-corrected chi connectivity index (χ1v) is 6.06. The quantitative estimate of drug-likeness (QED) is 0.826. The normalized spacial score (nSPS) is 10.7. The molecule has 0 saturated heterocycles. The number of benzene rings is 1. The van der Waals surface area contributed by atoms with Crippen molar-refractivity contribution in [2.24, 2.45) is 11.7 Å². The van der Waals surface area contributed by atoms with Gasteiger partial charge in [0.2, 0.25) is 0 Å². The molecule has 0 heterocycles. The largest absolute Gasteiger partial charge is 0.496 e.